The molecule has 0 aromatic heterocycles. The van der Waals surface area contributed by atoms with E-state index in [-0.39, 0.29) is 30.7 Å². The summed E-state index contributed by atoms with van der Waals surface area (Å²) in [7, 11) is 3.26. The van der Waals surface area contributed by atoms with Gasteiger partial charge in [-0.05, 0) is 29.8 Å². The van der Waals surface area contributed by atoms with Crippen molar-refractivity contribution in [1.82, 2.24) is 10.2 Å². The Kier molecular flexibility index (Phi) is 5.59. The molecule has 1 atom stereocenters. The number of para-hydroxylation sites is 2. The minimum absolute atomic E-state index is 0.105. The quantitative estimate of drug-likeness (QED) is 0.871. The van der Waals surface area contributed by atoms with E-state index in [2.05, 4.69) is 5.32 Å². The molecule has 27 heavy (non-hydrogen) atoms. The second-order valence-electron chi connectivity index (χ2n) is 6.45. The van der Waals surface area contributed by atoms with Crippen molar-refractivity contribution in [2.24, 2.45) is 0 Å². The molecule has 7 heteroatoms. The van der Waals surface area contributed by atoms with Crippen molar-refractivity contribution >= 4 is 17.5 Å². The van der Waals surface area contributed by atoms with E-state index in [1.165, 1.54) is 12.1 Å². The Morgan fingerprint density at radius 1 is 1.22 bits per heavy atom. The molecule has 0 fully saturated rings. The first-order valence-corrected chi connectivity index (χ1v) is 8.68. The maximum Gasteiger partial charge on any atom is 0.262 e. The molecule has 1 aliphatic rings. The minimum atomic E-state index is -0.680. The molecule has 0 unspecified atom stereocenters. The van der Waals surface area contributed by atoms with E-state index >= 15 is 0 Å². The molecule has 1 N–H and O–H groups in total. The number of anilines is 1. The summed E-state index contributed by atoms with van der Waals surface area (Å²) in [6.07, 6.45) is -0.680. The molecular weight excluding hydrogens is 349 g/mol. The van der Waals surface area contributed by atoms with Gasteiger partial charge in [-0.1, -0.05) is 24.3 Å². The van der Waals surface area contributed by atoms with Crippen LogP contribution < -0.4 is 15.0 Å². The summed E-state index contributed by atoms with van der Waals surface area (Å²) in [6.45, 7) is 0.780. The van der Waals surface area contributed by atoms with Crippen molar-refractivity contribution in [1.29, 1.82) is 0 Å². The van der Waals surface area contributed by atoms with E-state index in [4.69, 9.17) is 4.74 Å². The van der Waals surface area contributed by atoms with Crippen LogP contribution in [0.5, 0.6) is 5.75 Å². The van der Waals surface area contributed by atoms with Crippen LogP contribution in [0.1, 0.15) is 5.56 Å². The highest BCUT2D eigenvalue weighted by Crippen LogP contribution is 2.33. The van der Waals surface area contributed by atoms with Crippen molar-refractivity contribution in [2.75, 3.05) is 32.1 Å². The average Bonchev–Trinajstić information content (AvgIpc) is 2.68. The van der Waals surface area contributed by atoms with Crippen LogP contribution in [0.3, 0.4) is 0 Å². The monoisotopic (exact) mass is 371 g/mol. The van der Waals surface area contributed by atoms with Gasteiger partial charge in [-0.2, -0.15) is 0 Å². The van der Waals surface area contributed by atoms with Crippen LogP contribution in [0.15, 0.2) is 48.5 Å². The Hall–Kier alpha value is -3.09. The summed E-state index contributed by atoms with van der Waals surface area (Å²) in [6, 6.07) is 13.4. The van der Waals surface area contributed by atoms with Gasteiger partial charge in [-0.15, -0.1) is 0 Å². The number of halogens is 1. The fourth-order valence-corrected chi connectivity index (χ4v) is 2.99. The number of ether oxygens (including phenoxy) is 1. The van der Waals surface area contributed by atoms with Crippen molar-refractivity contribution in [3.05, 3.63) is 59.9 Å². The lowest BCUT2D eigenvalue weighted by atomic mass is 10.1. The van der Waals surface area contributed by atoms with Gasteiger partial charge in [0.05, 0.1) is 18.8 Å². The molecule has 1 aliphatic heterocycles. The molecule has 2 aromatic rings. The van der Waals surface area contributed by atoms with Gasteiger partial charge in [0.25, 0.3) is 5.91 Å². The van der Waals surface area contributed by atoms with Crippen molar-refractivity contribution in [3.63, 3.8) is 0 Å². The number of nitrogens with one attached hydrogen (secondary N) is 1. The number of hydrogen-bond donors (Lipinski definition) is 1. The number of carbonyl (C=O) groups is 2. The molecule has 0 aliphatic carbocycles. The first kappa shape index (κ1) is 18.7. The SMILES string of the molecule is CNC(=O)[C@H]1CN(CC(=O)N(C)Cc2ccc(F)cc2)c2ccccc2O1. The van der Waals surface area contributed by atoms with Gasteiger partial charge >= 0.3 is 0 Å². The average molecular weight is 371 g/mol. The Morgan fingerprint density at radius 3 is 2.63 bits per heavy atom. The van der Waals surface area contributed by atoms with Crippen molar-refractivity contribution < 1.29 is 18.7 Å². The van der Waals surface area contributed by atoms with Crippen LogP contribution in [-0.4, -0.2) is 50.0 Å². The van der Waals surface area contributed by atoms with Gasteiger partial charge in [-0.25, -0.2) is 4.39 Å². The second kappa shape index (κ2) is 8.07. The summed E-state index contributed by atoms with van der Waals surface area (Å²) in [5.74, 6) is -0.0717. The summed E-state index contributed by atoms with van der Waals surface area (Å²) in [4.78, 5) is 28.2. The molecule has 1 heterocycles. The lowest BCUT2D eigenvalue weighted by Gasteiger charge is -2.35. The summed E-state index contributed by atoms with van der Waals surface area (Å²) < 4.78 is 18.8. The highest BCUT2D eigenvalue weighted by Gasteiger charge is 2.31. The predicted octanol–water partition coefficient (Wildman–Crippen LogP) is 1.80. The first-order valence-electron chi connectivity index (χ1n) is 8.68. The van der Waals surface area contributed by atoms with Crippen LogP contribution in [0, 0.1) is 5.82 Å². The van der Waals surface area contributed by atoms with Crippen LogP contribution in [0.2, 0.25) is 0 Å². The lowest BCUT2D eigenvalue weighted by molar-refractivity contribution is -0.130. The molecule has 2 amide bonds. The molecule has 0 bridgehead atoms. The number of benzene rings is 2. The number of rotatable bonds is 5. The van der Waals surface area contributed by atoms with Crippen LogP contribution in [0.25, 0.3) is 0 Å². The van der Waals surface area contributed by atoms with E-state index in [0.29, 0.717) is 12.3 Å². The number of amides is 2. The number of nitrogens with zero attached hydrogens (tertiary/aromatic N) is 2. The van der Waals surface area contributed by atoms with Gasteiger partial charge in [0.1, 0.15) is 11.6 Å². The van der Waals surface area contributed by atoms with E-state index in [1.54, 1.807) is 37.2 Å². The Labute approximate surface area is 157 Å². The molecule has 6 nitrogen and oxygen atoms in total. The molecule has 2 aromatic carbocycles. The zero-order chi connectivity index (χ0) is 19.4. The number of carbonyl (C=O) groups excluding carboxylic acids is 2. The van der Waals surface area contributed by atoms with Crippen LogP contribution >= 0.6 is 0 Å². The first-order chi connectivity index (χ1) is 13.0. The van der Waals surface area contributed by atoms with E-state index in [9.17, 15) is 14.0 Å². The number of likely N-dealkylation sites (N-methyl/N-ethyl adjacent to an activating group) is 2. The summed E-state index contributed by atoms with van der Waals surface area (Å²) in [5.41, 5.74) is 1.62. The summed E-state index contributed by atoms with van der Waals surface area (Å²) in [5, 5.41) is 2.58. The highest BCUT2D eigenvalue weighted by atomic mass is 19.1. The molecule has 3 rings (SSSR count). The molecule has 0 saturated heterocycles. The van der Waals surface area contributed by atoms with Gasteiger partial charge in [0.2, 0.25) is 5.91 Å². The van der Waals surface area contributed by atoms with E-state index in [0.717, 1.165) is 11.3 Å². The van der Waals surface area contributed by atoms with Crippen molar-refractivity contribution in [3.8, 4) is 5.75 Å². The van der Waals surface area contributed by atoms with Gasteiger partial charge < -0.3 is 19.9 Å². The second-order valence-corrected chi connectivity index (χ2v) is 6.45. The van der Waals surface area contributed by atoms with Crippen molar-refractivity contribution in [2.45, 2.75) is 12.6 Å². The zero-order valence-corrected chi connectivity index (χ0v) is 15.3. The summed E-state index contributed by atoms with van der Waals surface area (Å²) >= 11 is 0. The maximum atomic E-state index is 13.0. The number of hydrogen-bond acceptors (Lipinski definition) is 4. The molecular formula is C20H22FN3O3. The molecule has 0 spiro atoms. The molecule has 0 saturated carbocycles. The predicted molar refractivity (Wildman–Crippen MR) is 100 cm³/mol. The highest BCUT2D eigenvalue weighted by molar-refractivity contribution is 5.86. The minimum Gasteiger partial charge on any atom is -0.477 e. The zero-order valence-electron chi connectivity index (χ0n) is 15.3. The smallest absolute Gasteiger partial charge is 0.262 e. The third-order valence-electron chi connectivity index (χ3n) is 4.49. The van der Waals surface area contributed by atoms with Crippen LogP contribution in [-0.2, 0) is 16.1 Å². The lowest BCUT2D eigenvalue weighted by Crippen LogP contribution is -2.50. The number of fused-ring (bicyclic) bond motifs is 1. The van der Waals surface area contributed by atoms with E-state index in [1.807, 2.05) is 23.1 Å². The fourth-order valence-electron chi connectivity index (χ4n) is 2.99. The largest absolute Gasteiger partial charge is 0.477 e. The Bertz CT molecular complexity index is 825. The molecule has 0 radical (unpaired) electrons. The Balaban J connectivity index is 1.71. The molecule has 142 valence electrons. The van der Waals surface area contributed by atoms with Gasteiger partial charge in [0.15, 0.2) is 6.10 Å². The third kappa shape index (κ3) is 4.36. The maximum absolute atomic E-state index is 13.0. The van der Waals surface area contributed by atoms with Gasteiger partial charge in [0, 0.05) is 20.6 Å². The third-order valence-corrected chi connectivity index (χ3v) is 4.49. The Morgan fingerprint density at radius 2 is 1.93 bits per heavy atom. The standard InChI is InChI=1S/C20H22FN3O3/c1-22-20(26)18-12-24(16-5-3-4-6-17(16)27-18)13-19(25)23(2)11-14-7-9-15(21)10-8-14/h3-10,18H,11-13H2,1-2H3,(H,22,26)/t18-/m1/s1. The normalized spacial score (nSPS) is 15.5. The topological polar surface area (TPSA) is 61.9 Å². The fraction of sp³-hybridized carbons (Fsp3) is 0.300. The van der Waals surface area contributed by atoms with Crippen LogP contribution in [0.4, 0.5) is 10.1 Å². The van der Waals surface area contributed by atoms with Gasteiger partial charge in [-0.3, -0.25) is 9.59 Å². The van der Waals surface area contributed by atoms with E-state index < -0.39 is 6.10 Å².